The first-order valence-corrected chi connectivity index (χ1v) is 10.0. The summed E-state index contributed by atoms with van der Waals surface area (Å²) in [5, 5.41) is 0. The third-order valence-electron chi connectivity index (χ3n) is 6.20. The molecule has 1 saturated heterocycles. The number of nitrogens with zero attached hydrogens (tertiary/aromatic N) is 2. The van der Waals surface area contributed by atoms with Gasteiger partial charge in [0.05, 0.1) is 11.1 Å². The number of hydrogen-bond acceptors (Lipinski definition) is 4. The average Bonchev–Trinajstić information content (AvgIpc) is 3.24. The van der Waals surface area contributed by atoms with Gasteiger partial charge in [-0.15, -0.1) is 0 Å². The van der Waals surface area contributed by atoms with Crippen LogP contribution < -0.4 is 0 Å². The molecule has 4 rings (SSSR count). The minimum Gasteiger partial charge on any atom is -0.465 e. The van der Waals surface area contributed by atoms with Gasteiger partial charge in [0.15, 0.2) is 5.78 Å². The molecule has 1 aromatic carbocycles. The highest BCUT2D eigenvalue weighted by molar-refractivity contribution is 6.10. The molecule has 28 heavy (non-hydrogen) atoms. The standard InChI is InChI=1S/C23H28N2O3/c1-14-8-10-16(11-9-14)17-12-25(13-18(17)24(3)4)23(27)21-15(2)28-20-7-5-6-19(26)22(20)21/h8-11,17-18H,5-7,12-13H2,1-4H3/t17-,18+/m0/s1. The van der Waals surface area contributed by atoms with Crippen molar-refractivity contribution in [2.75, 3.05) is 27.2 Å². The lowest BCUT2D eigenvalue weighted by molar-refractivity contribution is 0.0774. The molecule has 5 heteroatoms. The molecule has 1 aromatic heterocycles. The van der Waals surface area contributed by atoms with E-state index in [2.05, 4.69) is 50.2 Å². The lowest BCUT2D eigenvalue weighted by atomic mass is 9.92. The number of rotatable bonds is 3. The Morgan fingerprint density at radius 2 is 1.82 bits per heavy atom. The van der Waals surface area contributed by atoms with Gasteiger partial charge in [-0.3, -0.25) is 9.59 Å². The Labute approximate surface area is 166 Å². The van der Waals surface area contributed by atoms with Crippen LogP contribution in [0.2, 0.25) is 0 Å². The first kappa shape index (κ1) is 18.9. The van der Waals surface area contributed by atoms with Gasteiger partial charge in [0.1, 0.15) is 11.5 Å². The van der Waals surface area contributed by atoms with Crippen molar-refractivity contribution < 1.29 is 14.0 Å². The average molecular weight is 380 g/mol. The molecule has 2 aliphatic rings. The van der Waals surface area contributed by atoms with Crippen LogP contribution in [-0.4, -0.2) is 54.7 Å². The highest BCUT2D eigenvalue weighted by Crippen LogP contribution is 2.35. The topological polar surface area (TPSA) is 53.8 Å². The van der Waals surface area contributed by atoms with Gasteiger partial charge in [0.2, 0.25) is 0 Å². The molecule has 0 radical (unpaired) electrons. The number of hydrogen-bond donors (Lipinski definition) is 0. The van der Waals surface area contributed by atoms with Crippen LogP contribution in [-0.2, 0) is 6.42 Å². The van der Waals surface area contributed by atoms with Crippen molar-refractivity contribution >= 4 is 11.7 Å². The molecular formula is C23H28N2O3. The lowest BCUT2D eigenvalue weighted by Crippen LogP contribution is -2.36. The van der Waals surface area contributed by atoms with E-state index in [1.54, 1.807) is 6.92 Å². The molecule has 0 N–H and O–H groups in total. The third kappa shape index (κ3) is 3.18. The molecule has 1 amide bonds. The number of carbonyl (C=O) groups excluding carboxylic acids is 2. The van der Waals surface area contributed by atoms with E-state index in [9.17, 15) is 9.59 Å². The number of ketones is 1. The van der Waals surface area contributed by atoms with Crippen molar-refractivity contribution in [2.24, 2.45) is 0 Å². The summed E-state index contributed by atoms with van der Waals surface area (Å²) >= 11 is 0. The highest BCUT2D eigenvalue weighted by atomic mass is 16.3. The summed E-state index contributed by atoms with van der Waals surface area (Å²) in [6.45, 7) is 5.19. The van der Waals surface area contributed by atoms with E-state index in [4.69, 9.17) is 4.42 Å². The maximum absolute atomic E-state index is 13.4. The quantitative estimate of drug-likeness (QED) is 0.817. The molecule has 2 aromatic rings. The largest absolute Gasteiger partial charge is 0.465 e. The zero-order valence-corrected chi connectivity index (χ0v) is 17.1. The fourth-order valence-corrected chi connectivity index (χ4v) is 4.64. The van der Waals surface area contributed by atoms with E-state index < -0.39 is 0 Å². The van der Waals surface area contributed by atoms with Crippen molar-refractivity contribution in [1.82, 2.24) is 9.80 Å². The Hall–Kier alpha value is -2.40. The predicted molar refractivity (Wildman–Crippen MR) is 108 cm³/mol. The number of carbonyl (C=O) groups is 2. The summed E-state index contributed by atoms with van der Waals surface area (Å²) in [6.07, 6.45) is 2.04. The van der Waals surface area contributed by atoms with Gasteiger partial charge in [-0.25, -0.2) is 0 Å². The monoisotopic (exact) mass is 380 g/mol. The zero-order chi connectivity index (χ0) is 20.0. The van der Waals surface area contributed by atoms with Gasteiger partial charge in [0, 0.05) is 37.9 Å². The number of likely N-dealkylation sites (tertiary alicyclic amines) is 1. The van der Waals surface area contributed by atoms with Gasteiger partial charge in [-0.05, 0) is 39.9 Å². The predicted octanol–water partition coefficient (Wildman–Crippen LogP) is 3.59. The third-order valence-corrected chi connectivity index (χ3v) is 6.20. The number of aryl methyl sites for hydroxylation is 3. The number of fused-ring (bicyclic) bond motifs is 1. The minimum absolute atomic E-state index is 0.0416. The van der Waals surface area contributed by atoms with E-state index in [1.165, 1.54) is 11.1 Å². The van der Waals surface area contributed by atoms with Crippen LogP contribution in [0, 0.1) is 13.8 Å². The highest BCUT2D eigenvalue weighted by Gasteiger charge is 2.40. The number of amides is 1. The fraction of sp³-hybridized carbons (Fsp3) is 0.478. The summed E-state index contributed by atoms with van der Waals surface area (Å²) in [5.74, 6) is 1.48. The molecule has 1 aliphatic carbocycles. The second kappa shape index (κ2) is 7.21. The molecule has 5 nitrogen and oxygen atoms in total. The fourth-order valence-electron chi connectivity index (χ4n) is 4.64. The van der Waals surface area contributed by atoms with Gasteiger partial charge < -0.3 is 14.2 Å². The van der Waals surface area contributed by atoms with Gasteiger partial charge in [-0.2, -0.15) is 0 Å². The molecule has 0 unspecified atom stereocenters. The van der Waals surface area contributed by atoms with E-state index in [1.807, 2.05) is 4.90 Å². The molecule has 2 atom stereocenters. The Morgan fingerprint density at radius 3 is 2.50 bits per heavy atom. The van der Waals surface area contributed by atoms with Crippen LogP contribution in [0.3, 0.4) is 0 Å². The van der Waals surface area contributed by atoms with Gasteiger partial charge in [0.25, 0.3) is 5.91 Å². The van der Waals surface area contributed by atoms with Crippen molar-refractivity contribution in [2.45, 2.75) is 45.1 Å². The SMILES string of the molecule is Cc1ccc([C@@H]2CN(C(=O)c3c(C)oc4c3C(=O)CCC4)C[C@H]2N(C)C)cc1. The van der Waals surface area contributed by atoms with E-state index in [0.717, 1.165) is 12.8 Å². The molecule has 2 heterocycles. The van der Waals surface area contributed by atoms with Crippen LogP contribution in [0.5, 0.6) is 0 Å². The summed E-state index contributed by atoms with van der Waals surface area (Å²) in [5.41, 5.74) is 3.51. The zero-order valence-electron chi connectivity index (χ0n) is 17.1. The summed E-state index contributed by atoms with van der Waals surface area (Å²) in [7, 11) is 4.13. The van der Waals surface area contributed by atoms with Crippen molar-refractivity contribution in [3.63, 3.8) is 0 Å². The molecule has 1 fully saturated rings. The summed E-state index contributed by atoms with van der Waals surface area (Å²) < 4.78 is 5.81. The minimum atomic E-state index is -0.0702. The van der Waals surface area contributed by atoms with Gasteiger partial charge in [-0.1, -0.05) is 29.8 Å². The van der Waals surface area contributed by atoms with Crippen molar-refractivity contribution in [3.05, 3.63) is 58.0 Å². The Morgan fingerprint density at radius 1 is 1.11 bits per heavy atom. The van der Waals surface area contributed by atoms with E-state index in [0.29, 0.717) is 42.2 Å². The number of Topliss-reactive ketones (excluding diaryl/α,β-unsaturated/α-hetero) is 1. The molecule has 148 valence electrons. The first-order valence-electron chi connectivity index (χ1n) is 10.0. The van der Waals surface area contributed by atoms with E-state index in [-0.39, 0.29) is 23.7 Å². The molecule has 0 bridgehead atoms. The summed E-state index contributed by atoms with van der Waals surface area (Å²) in [4.78, 5) is 30.0. The number of likely N-dealkylation sites (N-methyl/N-ethyl adjacent to an activating group) is 1. The molecule has 1 aliphatic heterocycles. The molecule has 0 spiro atoms. The Balaban J connectivity index is 1.65. The Bertz CT molecular complexity index is 911. The number of furan rings is 1. The normalized spacial score (nSPS) is 22.0. The maximum atomic E-state index is 13.4. The number of benzene rings is 1. The van der Waals surface area contributed by atoms with Crippen LogP contribution in [0.15, 0.2) is 28.7 Å². The lowest BCUT2D eigenvalue weighted by Gasteiger charge is -2.25. The maximum Gasteiger partial charge on any atom is 0.258 e. The van der Waals surface area contributed by atoms with Crippen LogP contribution >= 0.6 is 0 Å². The van der Waals surface area contributed by atoms with Crippen LogP contribution in [0.1, 0.15) is 62.1 Å². The van der Waals surface area contributed by atoms with Crippen LogP contribution in [0.4, 0.5) is 0 Å². The van der Waals surface area contributed by atoms with Crippen molar-refractivity contribution in [3.8, 4) is 0 Å². The van der Waals surface area contributed by atoms with Crippen LogP contribution in [0.25, 0.3) is 0 Å². The second-order valence-corrected chi connectivity index (χ2v) is 8.37. The van der Waals surface area contributed by atoms with E-state index >= 15 is 0 Å². The Kier molecular flexibility index (Phi) is 4.88. The first-order chi connectivity index (χ1) is 13.4. The molecular weight excluding hydrogens is 352 g/mol. The summed E-state index contributed by atoms with van der Waals surface area (Å²) in [6, 6.07) is 8.83. The smallest absolute Gasteiger partial charge is 0.258 e. The van der Waals surface area contributed by atoms with Crippen molar-refractivity contribution in [1.29, 1.82) is 0 Å². The molecule has 0 saturated carbocycles. The second-order valence-electron chi connectivity index (χ2n) is 8.37. The van der Waals surface area contributed by atoms with Gasteiger partial charge >= 0.3 is 0 Å².